The van der Waals surface area contributed by atoms with Gasteiger partial charge in [0.1, 0.15) is 17.5 Å². The van der Waals surface area contributed by atoms with Crippen molar-refractivity contribution >= 4 is 44.0 Å². The Kier molecular flexibility index (Phi) is 5.17. The summed E-state index contributed by atoms with van der Waals surface area (Å²) in [7, 11) is 0. The van der Waals surface area contributed by atoms with Crippen molar-refractivity contribution < 1.29 is 17.9 Å². The van der Waals surface area contributed by atoms with Crippen LogP contribution in [0.4, 0.5) is 30.4 Å². The van der Waals surface area contributed by atoms with E-state index in [9.17, 15) is 13.2 Å². The number of nitrogens with zero attached hydrogens (tertiary/aromatic N) is 3. The molecule has 0 aliphatic heterocycles. The maximum Gasteiger partial charge on any atom is 0.418 e. The monoisotopic (exact) mass is 475 g/mol. The first kappa shape index (κ1) is 19.9. The number of nitrogens with two attached hydrogens (primary N) is 1. The van der Waals surface area contributed by atoms with Crippen LogP contribution in [-0.4, -0.2) is 15.0 Å². The molecule has 0 spiro atoms. The molecule has 6 nitrogen and oxygen atoms in total. The number of anilines is 3. The van der Waals surface area contributed by atoms with E-state index in [1.54, 1.807) is 24.4 Å². The largest absolute Gasteiger partial charge is 0.435 e. The molecule has 4 aromatic rings. The molecule has 4 rings (SSSR count). The van der Waals surface area contributed by atoms with Gasteiger partial charge in [-0.25, -0.2) is 4.98 Å². The lowest BCUT2D eigenvalue weighted by Crippen LogP contribution is -2.10. The average molecular weight is 476 g/mol. The zero-order chi connectivity index (χ0) is 21.3. The Hall–Kier alpha value is -3.40. The molecule has 0 bridgehead atoms. The summed E-state index contributed by atoms with van der Waals surface area (Å²) in [6.45, 7) is 0. The molecule has 0 radical (unpaired) electrons. The molecule has 0 fully saturated rings. The quantitative estimate of drug-likeness (QED) is 0.380. The van der Waals surface area contributed by atoms with Gasteiger partial charge in [-0.3, -0.25) is 4.98 Å². The maximum absolute atomic E-state index is 13.3. The second-order valence-corrected chi connectivity index (χ2v) is 7.01. The summed E-state index contributed by atoms with van der Waals surface area (Å²) in [5.74, 6) is 0.373. The van der Waals surface area contributed by atoms with Crippen LogP contribution < -0.4 is 15.8 Å². The molecule has 0 amide bonds. The molecule has 0 saturated heterocycles. The summed E-state index contributed by atoms with van der Waals surface area (Å²) in [6.07, 6.45) is -1.77. The van der Waals surface area contributed by atoms with Gasteiger partial charge in [0.05, 0.1) is 11.3 Å². The average Bonchev–Trinajstić information content (AvgIpc) is 2.73. The van der Waals surface area contributed by atoms with Crippen LogP contribution in [0.1, 0.15) is 5.56 Å². The standard InChI is InChI=1S/C20H13BrF3N5O/c21-13-7-8-15(17-11(13)4-3-9-26-17)30-19-16(25)18(27-10-28-19)29-14-6-2-1-5-12(14)20(22,23)24/h1-10H,25H2,(H,27,28,29). The third-order valence-electron chi connectivity index (χ3n) is 4.22. The van der Waals surface area contributed by atoms with Crippen LogP contribution >= 0.6 is 15.9 Å². The number of nitrogen functional groups attached to an aromatic ring is 1. The van der Waals surface area contributed by atoms with Crippen LogP contribution in [-0.2, 0) is 6.18 Å². The van der Waals surface area contributed by atoms with Gasteiger partial charge < -0.3 is 15.8 Å². The van der Waals surface area contributed by atoms with E-state index in [1.165, 1.54) is 18.2 Å². The number of hydrogen-bond acceptors (Lipinski definition) is 6. The van der Waals surface area contributed by atoms with E-state index in [1.807, 2.05) is 6.07 Å². The summed E-state index contributed by atoms with van der Waals surface area (Å²) in [5.41, 5.74) is 5.60. The third-order valence-corrected chi connectivity index (χ3v) is 4.91. The number of para-hydroxylation sites is 1. The fraction of sp³-hybridized carbons (Fsp3) is 0.0500. The fourth-order valence-corrected chi connectivity index (χ4v) is 3.28. The van der Waals surface area contributed by atoms with Crippen molar-refractivity contribution in [3.63, 3.8) is 0 Å². The molecule has 2 aromatic heterocycles. The number of halogens is 4. The van der Waals surface area contributed by atoms with E-state index in [0.717, 1.165) is 22.3 Å². The van der Waals surface area contributed by atoms with Crippen molar-refractivity contribution in [2.24, 2.45) is 0 Å². The summed E-state index contributed by atoms with van der Waals surface area (Å²) in [5, 5.41) is 3.44. The highest BCUT2D eigenvalue weighted by Gasteiger charge is 2.33. The number of ether oxygens (including phenoxy) is 1. The van der Waals surface area contributed by atoms with Gasteiger partial charge in [0.25, 0.3) is 0 Å². The van der Waals surface area contributed by atoms with E-state index in [0.29, 0.717) is 11.3 Å². The number of benzene rings is 2. The van der Waals surface area contributed by atoms with Crippen LogP contribution in [0.15, 0.2) is 65.5 Å². The van der Waals surface area contributed by atoms with Crippen molar-refractivity contribution in [3.05, 3.63) is 71.1 Å². The number of nitrogens with one attached hydrogen (secondary N) is 1. The second kappa shape index (κ2) is 7.79. The van der Waals surface area contributed by atoms with E-state index in [4.69, 9.17) is 10.5 Å². The molecule has 0 aliphatic carbocycles. The lowest BCUT2D eigenvalue weighted by molar-refractivity contribution is -0.136. The summed E-state index contributed by atoms with van der Waals surface area (Å²) in [4.78, 5) is 12.3. The van der Waals surface area contributed by atoms with Crippen LogP contribution in [0.2, 0.25) is 0 Å². The van der Waals surface area contributed by atoms with Gasteiger partial charge in [-0.15, -0.1) is 0 Å². The van der Waals surface area contributed by atoms with Gasteiger partial charge >= 0.3 is 6.18 Å². The SMILES string of the molecule is Nc1c(Nc2ccccc2C(F)(F)F)ncnc1Oc1ccc(Br)c2cccnc12. The first-order valence-corrected chi connectivity index (χ1v) is 9.38. The molecule has 0 unspecified atom stereocenters. The van der Waals surface area contributed by atoms with Gasteiger partial charge in [0.2, 0.25) is 5.88 Å². The van der Waals surface area contributed by atoms with Crippen LogP contribution in [0.3, 0.4) is 0 Å². The van der Waals surface area contributed by atoms with Crippen molar-refractivity contribution in [1.29, 1.82) is 0 Å². The highest BCUT2D eigenvalue weighted by Crippen LogP contribution is 2.39. The Morgan fingerprint density at radius 3 is 2.57 bits per heavy atom. The Balaban J connectivity index is 1.70. The van der Waals surface area contributed by atoms with Crippen molar-refractivity contribution in [2.75, 3.05) is 11.1 Å². The molecule has 0 atom stereocenters. The number of alkyl halides is 3. The lowest BCUT2D eigenvalue weighted by atomic mass is 10.1. The number of pyridine rings is 1. The predicted molar refractivity (Wildman–Crippen MR) is 111 cm³/mol. The van der Waals surface area contributed by atoms with E-state index >= 15 is 0 Å². The molecule has 3 N–H and O–H groups in total. The third kappa shape index (κ3) is 3.86. The minimum atomic E-state index is -4.53. The fourth-order valence-electron chi connectivity index (χ4n) is 2.83. The Labute approximate surface area is 177 Å². The minimum absolute atomic E-state index is 0.00809. The van der Waals surface area contributed by atoms with Crippen molar-refractivity contribution in [1.82, 2.24) is 15.0 Å². The van der Waals surface area contributed by atoms with Crippen LogP contribution in [0.25, 0.3) is 10.9 Å². The number of aromatic nitrogens is 3. The van der Waals surface area contributed by atoms with Gasteiger partial charge in [-0.2, -0.15) is 18.2 Å². The molecule has 152 valence electrons. The molecule has 10 heteroatoms. The molecule has 0 aliphatic rings. The first-order valence-electron chi connectivity index (χ1n) is 8.59. The number of hydrogen-bond donors (Lipinski definition) is 2. The normalized spacial score (nSPS) is 11.5. The summed E-state index contributed by atoms with van der Waals surface area (Å²) in [6, 6.07) is 12.2. The smallest absolute Gasteiger partial charge is 0.418 e. The van der Waals surface area contributed by atoms with Crippen LogP contribution in [0.5, 0.6) is 11.6 Å². The van der Waals surface area contributed by atoms with E-state index < -0.39 is 11.7 Å². The molecule has 0 saturated carbocycles. The Morgan fingerprint density at radius 1 is 0.967 bits per heavy atom. The van der Waals surface area contributed by atoms with Gasteiger partial charge in [0, 0.05) is 16.1 Å². The number of fused-ring (bicyclic) bond motifs is 1. The lowest BCUT2D eigenvalue weighted by Gasteiger charge is -2.16. The zero-order valence-electron chi connectivity index (χ0n) is 15.1. The zero-order valence-corrected chi connectivity index (χ0v) is 16.7. The van der Waals surface area contributed by atoms with Gasteiger partial charge in [-0.05, 0) is 30.3 Å². The number of rotatable bonds is 4. The second-order valence-electron chi connectivity index (χ2n) is 6.16. The maximum atomic E-state index is 13.3. The molecule has 30 heavy (non-hydrogen) atoms. The van der Waals surface area contributed by atoms with E-state index in [2.05, 4.69) is 36.2 Å². The van der Waals surface area contributed by atoms with Crippen molar-refractivity contribution in [2.45, 2.75) is 6.18 Å². The topological polar surface area (TPSA) is 86.0 Å². The van der Waals surface area contributed by atoms with Crippen LogP contribution in [0, 0.1) is 0 Å². The minimum Gasteiger partial charge on any atom is -0.435 e. The highest BCUT2D eigenvalue weighted by atomic mass is 79.9. The van der Waals surface area contributed by atoms with Gasteiger partial charge in [0.15, 0.2) is 11.6 Å². The predicted octanol–water partition coefficient (Wildman–Crippen LogP) is 5.92. The van der Waals surface area contributed by atoms with E-state index in [-0.39, 0.29) is 23.1 Å². The van der Waals surface area contributed by atoms with Crippen molar-refractivity contribution in [3.8, 4) is 11.6 Å². The molecule has 2 aromatic carbocycles. The Morgan fingerprint density at radius 2 is 1.77 bits per heavy atom. The highest BCUT2D eigenvalue weighted by molar-refractivity contribution is 9.10. The molecular weight excluding hydrogens is 463 g/mol. The summed E-state index contributed by atoms with van der Waals surface area (Å²) < 4.78 is 46.4. The van der Waals surface area contributed by atoms with Gasteiger partial charge in [-0.1, -0.05) is 34.1 Å². The first-order chi connectivity index (χ1) is 14.3. The Bertz CT molecular complexity index is 1230. The molecule has 2 heterocycles. The summed E-state index contributed by atoms with van der Waals surface area (Å²) >= 11 is 3.45. The molecular formula is C20H13BrF3N5O.